The van der Waals surface area contributed by atoms with Crippen LogP contribution in [-0.2, 0) is 13.1 Å². The van der Waals surface area contributed by atoms with Crippen LogP contribution >= 0.6 is 11.3 Å². The monoisotopic (exact) mass is 332 g/mol. The molecule has 124 valence electrons. The van der Waals surface area contributed by atoms with Crippen LogP contribution in [0, 0.1) is 0 Å². The van der Waals surface area contributed by atoms with E-state index in [0.717, 1.165) is 45.0 Å². The maximum atomic E-state index is 5.69. The van der Waals surface area contributed by atoms with Gasteiger partial charge in [0.25, 0.3) is 0 Å². The number of thiazole rings is 1. The molecule has 0 aliphatic carbocycles. The molecule has 0 atom stereocenters. The van der Waals surface area contributed by atoms with Gasteiger partial charge in [-0.3, -0.25) is 9.80 Å². The van der Waals surface area contributed by atoms with Crippen LogP contribution in [0.25, 0.3) is 0 Å². The van der Waals surface area contributed by atoms with Gasteiger partial charge in [-0.1, -0.05) is 12.1 Å². The minimum atomic E-state index is 0.661. The second-order valence-corrected chi connectivity index (χ2v) is 6.94. The van der Waals surface area contributed by atoms with Crippen LogP contribution in [0.5, 0.6) is 5.75 Å². The number of piperazine rings is 1. The predicted molar refractivity (Wildman–Crippen MR) is 94.7 cm³/mol. The highest BCUT2D eigenvalue weighted by atomic mass is 32.1. The summed E-state index contributed by atoms with van der Waals surface area (Å²) in [5, 5.41) is 0.661. The molecule has 5 nitrogen and oxygen atoms in total. The normalized spacial score (nSPS) is 16.6. The van der Waals surface area contributed by atoms with Crippen molar-refractivity contribution in [3.8, 4) is 5.75 Å². The third kappa shape index (κ3) is 4.67. The maximum Gasteiger partial charge on any atom is 0.180 e. The summed E-state index contributed by atoms with van der Waals surface area (Å²) in [5.41, 5.74) is 7.04. The average molecular weight is 332 g/mol. The van der Waals surface area contributed by atoms with Gasteiger partial charge in [-0.05, 0) is 24.6 Å². The van der Waals surface area contributed by atoms with E-state index in [2.05, 4.69) is 39.0 Å². The Balaban J connectivity index is 1.45. The van der Waals surface area contributed by atoms with E-state index < -0.39 is 0 Å². The molecule has 1 aliphatic rings. The summed E-state index contributed by atoms with van der Waals surface area (Å²) in [7, 11) is 0. The fraction of sp³-hybridized carbons (Fsp3) is 0.471. The summed E-state index contributed by atoms with van der Waals surface area (Å²) >= 11 is 1.59. The van der Waals surface area contributed by atoms with E-state index in [-0.39, 0.29) is 0 Å². The van der Waals surface area contributed by atoms with Gasteiger partial charge >= 0.3 is 0 Å². The third-order valence-corrected chi connectivity index (χ3v) is 4.87. The quantitative estimate of drug-likeness (QED) is 0.880. The van der Waals surface area contributed by atoms with Gasteiger partial charge in [0.1, 0.15) is 5.75 Å². The Morgan fingerprint density at radius 2 is 1.74 bits per heavy atom. The lowest BCUT2D eigenvalue weighted by atomic mass is 10.2. The number of rotatable bonds is 6. The van der Waals surface area contributed by atoms with Crippen molar-refractivity contribution in [2.24, 2.45) is 0 Å². The Bertz CT molecular complexity index is 605. The zero-order valence-corrected chi connectivity index (χ0v) is 14.4. The van der Waals surface area contributed by atoms with Crippen molar-refractivity contribution < 1.29 is 4.74 Å². The van der Waals surface area contributed by atoms with Crippen LogP contribution in [0.3, 0.4) is 0 Å². The third-order valence-electron chi connectivity index (χ3n) is 4.06. The van der Waals surface area contributed by atoms with E-state index in [0.29, 0.717) is 11.7 Å². The van der Waals surface area contributed by atoms with E-state index in [1.807, 2.05) is 13.1 Å². The van der Waals surface area contributed by atoms with Crippen molar-refractivity contribution in [2.75, 3.05) is 38.5 Å². The Kier molecular flexibility index (Phi) is 5.48. The summed E-state index contributed by atoms with van der Waals surface area (Å²) < 4.78 is 5.49. The highest BCUT2D eigenvalue weighted by Gasteiger charge is 2.17. The first-order valence-corrected chi connectivity index (χ1v) is 8.91. The molecule has 0 unspecified atom stereocenters. The molecule has 1 aromatic carbocycles. The fourth-order valence-corrected chi connectivity index (χ4v) is 3.56. The topological polar surface area (TPSA) is 54.6 Å². The lowest BCUT2D eigenvalue weighted by Crippen LogP contribution is -2.45. The SMILES string of the molecule is CCOc1ccc(CN2CCN(Cc3cnc(N)s3)CC2)cc1. The van der Waals surface area contributed by atoms with Crippen molar-refractivity contribution >= 4 is 16.5 Å². The fourth-order valence-electron chi connectivity index (χ4n) is 2.84. The Morgan fingerprint density at radius 3 is 2.30 bits per heavy atom. The summed E-state index contributed by atoms with van der Waals surface area (Å²) in [6, 6.07) is 8.45. The van der Waals surface area contributed by atoms with Gasteiger partial charge in [0.05, 0.1) is 6.61 Å². The molecule has 0 spiro atoms. The molecular formula is C17H24N4OS. The van der Waals surface area contributed by atoms with Gasteiger partial charge in [-0.2, -0.15) is 0 Å². The van der Waals surface area contributed by atoms with Gasteiger partial charge in [0.2, 0.25) is 0 Å². The van der Waals surface area contributed by atoms with Crippen LogP contribution in [0.2, 0.25) is 0 Å². The molecule has 0 saturated carbocycles. The molecule has 2 N–H and O–H groups in total. The number of aromatic nitrogens is 1. The van der Waals surface area contributed by atoms with Gasteiger partial charge < -0.3 is 10.5 Å². The number of anilines is 1. The molecule has 2 aromatic rings. The number of nitrogens with zero attached hydrogens (tertiary/aromatic N) is 3. The molecule has 0 amide bonds. The van der Waals surface area contributed by atoms with Gasteiger partial charge in [0.15, 0.2) is 5.13 Å². The van der Waals surface area contributed by atoms with Crippen LogP contribution in [0.15, 0.2) is 30.5 Å². The second-order valence-electron chi connectivity index (χ2n) is 5.79. The zero-order chi connectivity index (χ0) is 16.1. The number of hydrogen-bond acceptors (Lipinski definition) is 6. The molecule has 1 aromatic heterocycles. The van der Waals surface area contributed by atoms with Crippen molar-refractivity contribution in [3.05, 3.63) is 40.9 Å². The molecule has 23 heavy (non-hydrogen) atoms. The molecule has 1 aliphatic heterocycles. The van der Waals surface area contributed by atoms with Crippen molar-refractivity contribution in [1.82, 2.24) is 14.8 Å². The second kappa shape index (κ2) is 7.77. The molecular weight excluding hydrogens is 308 g/mol. The summed E-state index contributed by atoms with van der Waals surface area (Å²) in [6.07, 6.45) is 1.90. The van der Waals surface area contributed by atoms with Gasteiger partial charge in [-0.25, -0.2) is 4.98 Å². The molecule has 2 heterocycles. The highest BCUT2D eigenvalue weighted by molar-refractivity contribution is 7.15. The van der Waals surface area contributed by atoms with Crippen molar-refractivity contribution in [3.63, 3.8) is 0 Å². The summed E-state index contributed by atoms with van der Waals surface area (Å²) in [5.74, 6) is 0.949. The minimum Gasteiger partial charge on any atom is -0.494 e. The zero-order valence-electron chi connectivity index (χ0n) is 13.6. The van der Waals surface area contributed by atoms with E-state index in [1.165, 1.54) is 10.4 Å². The predicted octanol–water partition coefficient (Wildman–Crippen LogP) is 2.44. The Labute approximate surface area is 141 Å². The molecule has 3 rings (SSSR count). The molecule has 0 radical (unpaired) electrons. The van der Waals surface area contributed by atoms with E-state index >= 15 is 0 Å². The first kappa shape index (κ1) is 16.2. The smallest absolute Gasteiger partial charge is 0.180 e. The van der Waals surface area contributed by atoms with Crippen molar-refractivity contribution in [2.45, 2.75) is 20.0 Å². The van der Waals surface area contributed by atoms with E-state index in [1.54, 1.807) is 11.3 Å². The number of nitrogen functional groups attached to an aromatic ring is 1. The van der Waals surface area contributed by atoms with Gasteiger partial charge in [0, 0.05) is 50.3 Å². The van der Waals surface area contributed by atoms with Crippen LogP contribution < -0.4 is 10.5 Å². The highest BCUT2D eigenvalue weighted by Crippen LogP contribution is 2.18. The number of hydrogen-bond donors (Lipinski definition) is 1. The summed E-state index contributed by atoms with van der Waals surface area (Å²) in [6.45, 7) is 9.08. The minimum absolute atomic E-state index is 0.661. The molecule has 1 saturated heterocycles. The lowest BCUT2D eigenvalue weighted by molar-refractivity contribution is 0.123. The standard InChI is InChI=1S/C17H24N4OS/c1-2-22-15-5-3-14(4-6-15)12-20-7-9-21(10-8-20)13-16-11-19-17(18)23-16/h3-6,11H,2,7-10,12-13H2,1H3,(H2,18,19). The average Bonchev–Trinajstić information content (AvgIpc) is 2.96. The number of benzene rings is 1. The Morgan fingerprint density at radius 1 is 1.09 bits per heavy atom. The Hall–Kier alpha value is -1.63. The number of ether oxygens (including phenoxy) is 1. The summed E-state index contributed by atoms with van der Waals surface area (Å²) in [4.78, 5) is 10.4. The molecule has 6 heteroatoms. The van der Waals surface area contributed by atoms with Crippen LogP contribution in [0.1, 0.15) is 17.4 Å². The first-order valence-electron chi connectivity index (χ1n) is 8.09. The lowest BCUT2D eigenvalue weighted by Gasteiger charge is -2.34. The van der Waals surface area contributed by atoms with Crippen LogP contribution in [0.4, 0.5) is 5.13 Å². The maximum absolute atomic E-state index is 5.69. The number of nitrogens with two attached hydrogens (primary N) is 1. The largest absolute Gasteiger partial charge is 0.494 e. The van der Waals surface area contributed by atoms with Crippen molar-refractivity contribution in [1.29, 1.82) is 0 Å². The van der Waals surface area contributed by atoms with E-state index in [9.17, 15) is 0 Å². The van der Waals surface area contributed by atoms with E-state index in [4.69, 9.17) is 10.5 Å². The molecule has 0 bridgehead atoms. The van der Waals surface area contributed by atoms with Gasteiger partial charge in [-0.15, -0.1) is 11.3 Å². The van der Waals surface area contributed by atoms with Crippen LogP contribution in [-0.4, -0.2) is 47.6 Å². The molecule has 1 fully saturated rings. The first-order chi connectivity index (χ1) is 11.2.